The first-order valence-electron chi connectivity index (χ1n) is 10.9. The third-order valence-corrected chi connectivity index (χ3v) is 5.65. The van der Waals surface area contributed by atoms with Crippen LogP contribution in [-0.4, -0.2) is 57.3 Å². The largest absolute Gasteiger partial charge is 0.394 e. The summed E-state index contributed by atoms with van der Waals surface area (Å²) >= 11 is 0. The van der Waals surface area contributed by atoms with Crippen LogP contribution in [-0.2, 0) is 0 Å². The molecule has 1 unspecified atom stereocenters. The molecule has 1 saturated carbocycles. The number of tetrazole rings is 1. The second-order valence-corrected chi connectivity index (χ2v) is 8.25. The summed E-state index contributed by atoms with van der Waals surface area (Å²) in [5.41, 5.74) is 0.995. The number of nitrogens with one attached hydrogen (secondary N) is 1. The van der Waals surface area contributed by atoms with Gasteiger partial charge in [0.15, 0.2) is 0 Å². The van der Waals surface area contributed by atoms with Gasteiger partial charge in [0.25, 0.3) is 12.3 Å². The number of aliphatic hydroxyl groups is 1. The molecule has 1 fully saturated rings. The zero-order valence-electron chi connectivity index (χ0n) is 18.6. The first-order valence-corrected chi connectivity index (χ1v) is 10.9. The Kier molecular flexibility index (Phi) is 5.99. The van der Waals surface area contributed by atoms with Crippen molar-refractivity contribution >= 4 is 11.7 Å². The minimum atomic E-state index is -2.77. The summed E-state index contributed by atoms with van der Waals surface area (Å²) in [6.07, 6.45) is 3.47. The number of nitrogens with zero attached hydrogens (tertiary/aromatic N) is 8. The highest BCUT2D eigenvalue weighted by Gasteiger charge is 2.27. The number of carbonyl (C=O) groups is 1. The lowest BCUT2D eigenvalue weighted by atomic mass is 10.2. The summed E-state index contributed by atoms with van der Waals surface area (Å²) in [7, 11) is 0. The quantitative estimate of drug-likeness (QED) is 0.392. The van der Waals surface area contributed by atoms with Gasteiger partial charge in [-0.25, -0.2) is 23.4 Å². The molecule has 1 aliphatic carbocycles. The molecule has 1 amide bonds. The Hall–Kier alpha value is -4.13. The molecule has 0 spiro atoms. The predicted molar refractivity (Wildman–Crippen MR) is 119 cm³/mol. The summed E-state index contributed by atoms with van der Waals surface area (Å²) in [4.78, 5) is 25.5. The fourth-order valence-corrected chi connectivity index (χ4v) is 3.58. The molecule has 0 aromatic carbocycles. The van der Waals surface area contributed by atoms with Gasteiger partial charge in [0.2, 0.25) is 5.82 Å². The average Bonchev–Trinajstić information content (AvgIpc) is 3.39. The molecule has 35 heavy (non-hydrogen) atoms. The van der Waals surface area contributed by atoms with Crippen molar-refractivity contribution in [2.75, 3.05) is 11.9 Å². The van der Waals surface area contributed by atoms with Gasteiger partial charge in [-0.05, 0) is 48.4 Å². The zero-order chi connectivity index (χ0) is 24.5. The molecule has 180 valence electrons. The van der Waals surface area contributed by atoms with Crippen LogP contribution in [0, 0.1) is 0 Å². The van der Waals surface area contributed by atoms with Crippen molar-refractivity contribution < 1.29 is 18.7 Å². The van der Waals surface area contributed by atoms with Gasteiger partial charge in [0.1, 0.15) is 17.2 Å². The molecule has 0 aliphatic heterocycles. The maximum Gasteiger partial charge on any atom is 0.275 e. The fraction of sp³-hybridized carbons (Fsp3) is 0.318. The van der Waals surface area contributed by atoms with Crippen molar-refractivity contribution in [3.8, 4) is 17.2 Å². The first kappa shape index (κ1) is 22.7. The van der Waals surface area contributed by atoms with Crippen molar-refractivity contribution in [3.63, 3.8) is 0 Å². The highest BCUT2D eigenvalue weighted by Crippen LogP contribution is 2.39. The molecular weight excluding hydrogens is 460 g/mol. The number of pyridine rings is 2. The molecule has 2 N–H and O–H groups in total. The number of halogens is 2. The Bertz CT molecular complexity index is 1370. The second kappa shape index (κ2) is 9.25. The molecule has 11 nitrogen and oxygen atoms in total. The van der Waals surface area contributed by atoms with E-state index in [9.17, 15) is 18.7 Å². The third kappa shape index (κ3) is 4.62. The Labute approximate surface area is 197 Å². The van der Waals surface area contributed by atoms with Gasteiger partial charge >= 0.3 is 0 Å². The molecule has 0 radical (unpaired) electrons. The predicted octanol–water partition coefficient (Wildman–Crippen LogP) is 2.94. The Morgan fingerprint density at radius 1 is 1.29 bits per heavy atom. The third-order valence-electron chi connectivity index (χ3n) is 5.65. The van der Waals surface area contributed by atoms with Crippen molar-refractivity contribution in [1.82, 2.24) is 39.7 Å². The number of imidazole rings is 1. The summed E-state index contributed by atoms with van der Waals surface area (Å²) in [6, 6.07) is 5.82. The van der Waals surface area contributed by atoms with Crippen LogP contribution in [0.4, 0.5) is 14.6 Å². The van der Waals surface area contributed by atoms with Gasteiger partial charge in [0, 0.05) is 18.3 Å². The van der Waals surface area contributed by atoms with Gasteiger partial charge in [0.05, 0.1) is 35.9 Å². The molecular formula is C22H21F2N9O2. The van der Waals surface area contributed by atoms with E-state index >= 15 is 0 Å². The number of alkyl halides is 2. The van der Waals surface area contributed by atoms with Crippen LogP contribution in [0.25, 0.3) is 17.2 Å². The van der Waals surface area contributed by atoms with E-state index in [0.29, 0.717) is 17.4 Å². The lowest BCUT2D eigenvalue weighted by Crippen LogP contribution is -2.16. The molecule has 13 heteroatoms. The minimum absolute atomic E-state index is 0.0583. The van der Waals surface area contributed by atoms with Crippen LogP contribution in [0.3, 0.4) is 0 Å². The lowest BCUT2D eigenvalue weighted by Gasteiger charge is -2.12. The number of carbonyl (C=O) groups excluding carboxylic acids is 1. The SMILES string of the molecule is CC(CO)n1nnnc1-c1cccc(NC(=O)c2cc(-n3cnc(C4CC4)c3)c(C(F)F)cn2)n1. The maximum absolute atomic E-state index is 13.6. The van der Waals surface area contributed by atoms with Crippen LogP contribution >= 0.6 is 0 Å². The Morgan fingerprint density at radius 3 is 2.86 bits per heavy atom. The average molecular weight is 481 g/mol. The lowest BCUT2D eigenvalue weighted by molar-refractivity contribution is 0.102. The first-order chi connectivity index (χ1) is 16.9. The highest BCUT2D eigenvalue weighted by molar-refractivity contribution is 6.02. The molecule has 4 heterocycles. The fourth-order valence-electron chi connectivity index (χ4n) is 3.58. The van der Waals surface area contributed by atoms with E-state index < -0.39 is 12.3 Å². The maximum atomic E-state index is 13.6. The van der Waals surface area contributed by atoms with Crippen LogP contribution < -0.4 is 5.32 Å². The van der Waals surface area contributed by atoms with E-state index in [2.05, 4.69) is 35.8 Å². The molecule has 1 atom stereocenters. The van der Waals surface area contributed by atoms with Gasteiger partial charge < -0.3 is 15.0 Å². The highest BCUT2D eigenvalue weighted by atomic mass is 19.3. The number of aromatic nitrogens is 8. The molecule has 0 saturated heterocycles. The summed E-state index contributed by atoms with van der Waals surface area (Å²) in [6.45, 7) is 1.57. The summed E-state index contributed by atoms with van der Waals surface area (Å²) in [5, 5.41) is 23.5. The number of anilines is 1. The number of rotatable bonds is 8. The van der Waals surface area contributed by atoms with Crippen LogP contribution in [0.15, 0.2) is 43.0 Å². The van der Waals surface area contributed by atoms with E-state index in [4.69, 9.17) is 0 Å². The zero-order valence-corrected chi connectivity index (χ0v) is 18.6. The van der Waals surface area contributed by atoms with Gasteiger partial charge in [-0.1, -0.05) is 6.07 Å². The van der Waals surface area contributed by atoms with Gasteiger partial charge in [-0.15, -0.1) is 5.10 Å². The van der Waals surface area contributed by atoms with Gasteiger partial charge in [-0.2, -0.15) is 0 Å². The van der Waals surface area contributed by atoms with E-state index in [1.165, 1.54) is 21.6 Å². The van der Waals surface area contributed by atoms with Crippen molar-refractivity contribution in [2.45, 2.75) is 38.2 Å². The van der Waals surface area contributed by atoms with E-state index in [1.807, 2.05) is 0 Å². The monoisotopic (exact) mass is 481 g/mol. The van der Waals surface area contributed by atoms with Crippen LogP contribution in [0.5, 0.6) is 0 Å². The number of amides is 1. The van der Waals surface area contributed by atoms with Crippen molar-refractivity contribution in [3.05, 3.63) is 59.9 Å². The Morgan fingerprint density at radius 2 is 2.11 bits per heavy atom. The van der Waals surface area contributed by atoms with Crippen LogP contribution in [0.1, 0.15) is 59.9 Å². The molecule has 0 bridgehead atoms. The minimum Gasteiger partial charge on any atom is -0.394 e. The van der Waals surface area contributed by atoms with E-state index in [1.54, 1.807) is 31.3 Å². The van der Waals surface area contributed by atoms with Gasteiger partial charge in [-0.3, -0.25) is 9.78 Å². The van der Waals surface area contributed by atoms with Crippen LogP contribution in [0.2, 0.25) is 0 Å². The number of aliphatic hydroxyl groups excluding tert-OH is 1. The number of hydrogen-bond donors (Lipinski definition) is 2. The smallest absolute Gasteiger partial charge is 0.275 e. The number of hydrogen-bond acceptors (Lipinski definition) is 8. The molecule has 4 aromatic heterocycles. The van der Waals surface area contributed by atoms with Crippen molar-refractivity contribution in [2.24, 2.45) is 0 Å². The molecule has 1 aliphatic rings. The van der Waals surface area contributed by atoms with E-state index in [0.717, 1.165) is 24.7 Å². The normalized spacial score (nSPS) is 14.3. The second-order valence-electron chi connectivity index (χ2n) is 8.25. The Balaban J connectivity index is 1.41. The van der Waals surface area contributed by atoms with E-state index in [-0.39, 0.29) is 35.4 Å². The summed E-state index contributed by atoms with van der Waals surface area (Å²) in [5.74, 6) is 0.243. The standard InChI is InChI=1S/C22H21F2N9O2/c1-12(10-34)33-21(29-30-31-33)15-3-2-4-19(27-15)28-22(35)16-7-18(14(8-25-16)20(23)24)32-9-17(26-11-32)13-5-6-13/h2-4,7-9,11-13,20,34H,5-6,10H2,1H3,(H,27,28,35). The molecule has 4 aromatic rings. The topological polar surface area (TPSA) is 137 Å². The van der Waals surface area contributed by atoms with Crippen molar-refractivity contribution in [1.29, 1.82) is 0 Å². The molecule has 5 rings (SSSR count). The summed E-state index contributed by atoms with van der Waals surface area (Å²) < 4.78 is 30.2.